The molecule has 0 radical (unpaired) electrons. The van der Waals surface area contributed by atoms with E-state index in [1.165, 1.54) is 0 Å². The number of ether oxygens (including phenoxy) is 1. The fraction of sp³-hybridized carbons (Fsp3) is 0.286. The van der Waals surface area contributed by atoms with E-state index in [0.717, 1.165) is 11.1 Å². The van der Waals surface area contributed by atoms with Crippen molar-refractivity contribution in [3.8, 4) is 5.82 Å². The molecule has 0 spiro atoms. The van der Waals surface area contributed by atoms with Crippen LogP contribution in [0.1, 0.15) is 17.2 Å². The molecule has 30 heavy (non-hydrogen) atoms. The van der Waals surface area contributed by atoms with Gasteiger partial charge in [0.25, 0.3) is 0 Å². The Bertz CT molecular complexity index is 1010. The van der Waals surface area contributed by atoms with Gasteiger partial charge in [-0.2, -0.15) is 5.10 Å². The number of rotatable bonds is 6. The van der Waals surface area contributed by atoms with E-state index in [0.29, 0.717) is 48.7 Å². The number of halogens is 2. The molecular weight excluding hydrogens is 425 g/mol. The van der Waals surface area contributed by atoms with Crippen molar-refractivity contribution in [3.63, 3.8) is 0 Å². The summed E-state index contributed by atoms with van der Waals surface area (Å²) in [6, 6.07) is 10.3. The molecule has 4 rings (SSSR count). The van der Waals surface area contributed by atoms with Crippen LogP contribution in [-0.4, -0.2) is 51.9 Å². The quantitative estimate of drug-likeness (QED) is 0.630. The Balaban J connectivity index is 1.53. The third kappa shape index (κ3) is 4.82. The summed E-state index contributed by atoms with van der Waals surface area (Å²) < 4.78 is 7.13. The molecule has 0 bridgehead atoms. The first-order chi connectivity index (χ1) is 14.6. The molecule has 1 amide bonds. The zero-order valence-corrected chi connectivity index (χ0v) is 17.7. The predicted octanol–water partition coefficient (Wildman–Crippen LogP) is 3.26. The predicted molar refractivity (Wildman–Crippen MR) is 115 cm³/mol. The highest BCUT2D eigenvalue weighted by Crippen LogP contribution is 2.31. The molecule has 9 heteroatoms. The summed E-state index contributed by atoms with van der Waals surface area (Å²) in [6.07, 6.45) is 5.22. The zero-order valence-electron chi connectivity index (χ0n) is 16.2. The van der Waals surface area contributed by atoms with Gasteiger partial charge in [0.1, 0.15) is 6.04 Å². The Hall–Kier alpha value is -2.45. The topological polar surface area (TPSA) is 72.3 Å². The number of carbonyl (C=O) groups excluding carboxylic acids is 1. The van der Waals surface area contributed by atoms with Gasteiger partial charge in [0.05, 0.1) is 13.2 Å². The largest absolute Gasteiger partial charge is 0.379 e. The van der Waals surface area contributed by atoms with Gasteiger partial charge in [0, 0.05) is 48.3 Å². The summed E-state index contributed by atoms with van der Waals surface area (Å²) in [7, 11) is 0. The van der Waals surface area contributed by atoms with Crippen molar-refractivity contribution >= 4 is 29.1 Å². The number of carbonyl (C=O) groups is 1. The van der Waals surface area contributed by atoms with Gasteiger partial charge in [-0.25, -0.2) is 9.67 Å². The highest BCUT2D eigenvalue weighted by molar-refractivity contribution is 6.35. The highest BCUT2D eigenvalue weighted by Gasteiger charge is 2.30. The molecule has 1 saturated heterocycles. The van der Waals surface area contributed by atoms with E-state index >= 15 is 0 Å². The molecule has 1 aliphatic heterocycles. The van der Waals surface area contributed by atoms with Crippen molar-refractivity contribution in [2.45, 2.75) is 12.6 Å². The number of nitrogens with one attached hydrogen (secondary N) is 1. The van der Waals surface area contributed by atoms with E-state index in [1.54, 1.807) is 29.2 Å². The van der Waals surface area contributed by atoms with Crippen LogP contribution in [0, 0.1) is 0 Å². The molecule has 156 valence electrons. The van der Waals surface area contributed by atoms with Crippen molar-refractivity contribution < 1.29 is 9.53 Å². The minimum absolute atomic E-state index is 0.126. The maximum atomic E-state index is 13.2. The van der Waals surface area contributed by atoms with E-state index in [9.17, 15) is 4.79 Å². The first kappa shape index (κ1) is 20.8. The fourth-order valence-corrected chi connectivity index (χ4v) is 3.96. The van der Waals surface area contributed by atoms with Crippen LogP contribution >= 0.6 is 23.2 Å². The maximum absolute atomic E-state index is 13.2. The molecule has 3 aromatic rings. The average molecular weight is 446 g/mol. The first-order valence-corrected chi connectivity index (χ1v) is 10.4. The average Bonchev–Trinajstić information content (AvgIpc) is 3.30. The number of hydrogen-bond acceptors (Lipinski definition) is 5. The van der Waals surface area contributed by atoms with E-state index < -0.39 is 6.04 Å². The Morgan fingerprint density at radius 3 is 2.73 bits per heavy atom. The summed E-state index contributed by atoms with van der Waals surface area (Å²) in [5.74, 6) is 0.566. The van der Waals surface area contributed by atoms with Crippen LogP contribution in [0.2, 0.25) is 10.0 Å². The molecule has 0 aliphatic carbocycles. The number of nitrogens with zero attached hydrogens (tertiary/aromatic N) is 4. The van der Waals surface area contributed by atoms with Crippen molar-refractivity contribution in [3.05, 3.63) is 76.2 Å². The van der Waals surface area contributed by atoms with Gasteiger partial charge in [0.2, 0.25) is 5.91 Å². The van der Waals surface area contributed by atoms with E-state index in [4.69, 9.17) is 27.9 Å². The van der Waals surface area contributed by atoms with Crippen LogP contribution in [0.15, 0.2) is 55.0 Å². The van der Waals surface area contributed by atoms with Gasteiger partial charge < -0.3 is 10.1 Å². The normalized spacial score (nSPS) is 15.7. The van der Waals surface area contributed by atoms with Gasteiger partial charge in [-0.1, -0.05) is 29.3 Å². The van der Waals surface area contributed by atoms with Gasteiger partial charge >= 0.3 is 0 Å². The first-order valence-electron chi connectivity index (χ1n) is 9.61. The standard InChI is InChI=1S/C21H21Cl2N5O2/c22-16-2-3-17(18(23)13-16)20(27-8-10-30-11-9-27)21(29)25-14-15-4-6-24-19(12-15)28-7-1-5-26-28/h1-7,12-13,20H,8-11,14H2,(H,25,29). The second-order valence-electron chi connectivity index (χ2n) is 6.91. The van der Waals surface area contributed by atoms with Crippen molar-refractivity contribution in [2.75, 3.05) is 26.3 Å². The van der Waals surface area contributed by atoms with Crippen LogP contribution in [0.4, 0.5) is 0 Å². The van der Waals surface area contributed by atoms with Gasteiger partial charge in [0.15, 0.2) is 5.82 Å². The van der Waals surface area contributed by atoms with Crippen LogP contribution in [0.5, 0.6) is 0 Å². The lowest BCUT2D eigenvalue weighted by atomic mass is 10.0. The minimum atomic E-state index is -0.522. The third-order valence-corrected chi connectivity index (χ3v) is 5.49. The van der Waals surface area contributed by atoms with Crippen molar-refractivity contribution in [1.82, 2.24) is 25.0 Å². The summed E-state index contributed by atoms with van der Waals surface area (Å²) in [5, 5.41) is 8.24. The van der Waals surface area contributed by atoms with Crippen molar-refractivity contribution in [1.29, 1.82) is 0 Å². The Morgan fingerprint density at radius 2 is 2.00 bits per heavy atom. The zero-order chi connectivity index (χ0) is 20.9. The molecule has 2 aromatic heterocycles. The molecule has 1 aromatic carbocycles. The Labute approximate surface area is 184 Å². The number of benzene rings is 1. The fourth-order valence-electron chi connectivity index (χ4n) is 3.45. The molecule has 1 aliphatic rings. The van der Waals surface area contributed by atoms with Crippen molar-refractivity contribution in [2.24, 2.45) is 0 Å². The summed E-state index contributed by atoms with van der Waals surface area (Å²) in [6.45, 7) is 2.81. The van der Waals surface area contributed by atoms with Crippen LogP contribution < -0.4 is 5.32 Å². The van der Waals surface area contributed by atoms with Crippen LogP contribution in [0.3, 0.4) is 0 Å². The maximum Gasteiger partial charge on any atom is 0.242 e. The van der Waals surface area contributed by atoms with Crippen LogP contribution in [0.25, 0.3) is 5.82 Å². The summed E-state index contributed by atoms with van der Waals surface area (Å²) in [5.41, 5.74) is 1.65. The number of pyridine rings is 1. The smallest absolute Gasteiger partial charge is 0.242 e. The number of amides is 1. The summed E-state index contributed by atoms with van der Waals surface area (Å²) >= 11 is 12.5. The lowest BCUT2D eigenvalue weighted by Gasteiger charge is -2.34. The van der Waals surface area contributed by atoms with Gasteiger partial charge in [-0.3, -0.25) is 9.69 Å². The van der Waals surface area contributed by atoms with E-state index in [1.807, 2.05) is 30.5 Å². The lowest BCUT2D eigenvalue weighted by molar-refractivity contribution is -0.128. The second-order valence-corrected chi connectivity index (χ2v) is 7.75. The molecule has 1 N–H and O–H groups in total. The molecular formula is C21H21Cl2N5O2. The number of hydrogen-bond donors (Lipinski definition) is 1. The lowest BCUT2D eigenvalue weighted by Crippen LogP contribution is -2.45. The molecule has 1 unspecified atom stereocenters. The van der Waals surface area contributed by atoms with Gasteiger partial charge in [-0.15, -0.1) is 0 Å². The van der Waals surface area contributed by atoms with Crippen LogP contribution in [-0.2, 0) is 16.1 Å². The monoisotopic (exact) mass is 445 g/mol. The highest BCUT2D eigenvalue weighted by atomic mass is 35.5. The Kier molecular flexibility index (Phi) is 6.64. The molecule has 3 heterocycles. The number of morpholine rings is 1. The SMILES string of the molecule is O=C(NCc1ccnc(-n2cccn2)c1)C(c1ccc(Cl)cc1Cl)N1CCOCC1. The van der Waals surface area contributed by atoms with E-state index in [-0.39, 0.29) is 5.91 Å². The van der Waals surface area contributed by atoms with E-state index in [2.05, 4.69) is 20.3 Å². The number of aromatic nitrogens is 3. The van der Waals surface area contributed by atoms with Gasteiger partial charge in [-0.05, 0) is 41.5 Å². The molecule has 7 nitrogen and oxygen atoms in total. The second kappa shape index (κ2) is 9.57. The summed E-state index contributed by atoms with van der Waals surface area (Å²) in [4.78, 5) is 19.6. The molecule has 0 saturated carbocycles. The third-order valence-electron chi connectivity index (χ3n) is 4.93. The molecule has 1 fully saturated rings. The Morgan fingerprint density at radius 1 is 1.17 bits per heavy atom. The molecule has 1 atom stereocenters. The minimum Gasteiger partial charge on any atom is -0.379 e.